The lowest BCUT2D eigenvalue weighted by molar-refractivity contribution is 0.0745. The fraction of sp³-hybridized carbons (Fsp3) is 0.889. The van der Waals surface area contributed by atoms with E-state index in [1.54, 1.807) is 7.11 Å². The molecule has 3 aliphatic heterocycles. The third-order valence-corrected chi connectivity index (χ3v) is 3.21. The van der Waals surface area contributed by atoms with Crippen molar-refractivity contribution in [3.05, 3.63) is 0 Å². The predicted octanol–water partition coefficient (Wildman–Crippen LogP) is 1.53. The molecule has 0 aromatic carbocycles. The molecule has 0 atom stereocenters. The van der Waals surface area contributed by atoms with E-state index in [2.05, 4.69) is 10.1 Å². The predicted molar refractivity (Wildman–Crippen MR) is 55.5 cm³/mol. The molecule has 0 aromatic rings. The maximum Gasteiger partial charge on any atom is 0.106 e. The Labute approximate surface area is 85.5 Å². The molecule has 0 unspecified atom stereocenters. The Balaban J connectivity index is 0.000000845. The molecular formula is C9H17ClN2O. The number of oxime groups is 1. The highest BCUT2D eigenvalue weighted by atomic mass is 35.5. The first-order valence-corrected chi connectivity index (χ1v) is 4.65. The summed E-state index contributed by atoms with van der Waals surface area (Å²) in [6.07, 6.45) is 5.82. The van der Waals surface area contributed by atoms with Crippen molar-refractivity contribution in [3.8, 4) is 0 Å². The summed E-state index contributed by atoms with van der Waals surface area (Å²) in [4.78, 5) is 7.27. The maximum atomic E-state index is 4.74. The van der Waals surface area contributed by atoms with Crippen LogP contribution in [0.4, 0.5) is 0 Å². The SMILES string of the molecule is CON=CC12CCN(CC1)CC2.Cl. The van der Waals surface area contributed by atoms with Gasteiger partial charge in [0.05, 0.1) is 6.21 Å². The van der Waals surface area contributed by atoms with Crippen LogP contribution in [-0.4, -0.2) is 37.9 Å². The standard InChI is InChI=1S/C9H16N2O.ClH/c1-12-10-8-9-2-5-11(6-3-9)7-4-9;/h8H,2-7H2,1H3;1H. The number of halogens is 1. The molecule has 0 saturated carbocycles. The summed E-state index contributed by atoms with van der Waals surface area (Å²) < 4.78 is 0. The Morgan fingerprint density at radius 3 is 2.23 bits per heavy atom. The van der Waals surface area contributed by atoms with Crippen molar-refractivity contribution in [1.82, 2.24) is 4.90 Å². The number of piperidine rings is 3. The zero-order valence-corrected chi connectivity index (χ0v) is 8.85. The van der Waals surface area contributed by atoms with Gasteiger partial charge in [0.2, 0.25) is 0 Å². The number of hydrogen-bond acceptors (Lipinski definition) is 3. The molecule has 3 rings (SSSR count). The molecule has 3 aliphatic rings. The third-order valence-electron chi connectivity index (χ3n) is 3.21. The van der Waals surface area contributed by atoms with E-state index in [4.69, 9.17) is 4.84 Å². The molecule has 3 fully saturated rings. The van der Waals surface area contributed by atoms with Crippen LogP contribution < -0.4 is 0 Å². The summed E-state index contributed by atoms with van der Waals surface area (Å²) >= 11 is 0. The Morgan fingerprint density at radius 2 is 1.77 bits per heavy atom. The smallest absolute Gasteiger partial charge is 0.106 e. The molecule has 13 heavy (non-hydrogen) atoms. The molecule has 0 aliphatic carbocycles. The average molecular weight is 205 g/mol. The summed E-state index contributed by atoms with van der Waals surface area (Å²) in [7, 11) is 1.62. The van der Waals surface area contributed by atoms with Crippen molar-refractivity contribution in [2.75, 3.05) is 26.7 Å². The van der Waals surface area contributed by atoms with E-state index in [0.717, 1.165) is 0 Å². The molecule has 0 N–H and O–H groups in total. The Hall–Kier alpha value is -0.280. The molecule has 4 heteroatoms. The van der Waals surface area contributed by atoms with Crippen LogP contribution >= 0.6 is 12.4 Å². The van der Waals surface area contributed by atoms with Crippen LogP contribution in [0.2, 0.25) is 0 Å². The number of hydrogen-bond donors (Lipinski definition) is 0. The van der Waals surface area contributed by atoms with Gasteiger partial charge in [-0.25, -0.2) is 0 Å². The normalized spacial score (nSPS) is 37.5. The van der Waals surface area contributed by atoms with E-state index in [1.807, 2.05) is 6.21 Å². The van der Waals surface area contributed by atoms with Crippen molar-refractivity contribution in [2.24, 2.45) is 10.6 Å². The molecule has 0 aromatic heterocycles. The zero-order chi connectivity index (χ0) is 8.44. The van der Waals surface area contributed by atoms with Gasteiger partial charge in [-0.1, -0.05) is 5.16 Å². The second-order valence-corrected chi connectivity index (χ2v) is 3.87. The summed E-state index contributed by atoms with van der Waals surface area (Å²) in [5, 5.41) is 3.92. The van der Waals surface area contributed by atoms with Gasteiger partial charge in [0.25, 0.3) is 0 Å². The van der Waals surface area contributed by atoms with Crippen LogP contribution in [-0.2, 0) is 4.84 Å². The van der Waals surface area contributed by atoms with Gasteiger partial charge in [-0.05, 0) is 38.9 Å². The zero-order valence-electron chi connectivity index (χ0n) is 8.03. The van der Waals surface area contributed by atoms with Crippen molar-refractivity contribution in [1.29, 1.82) is 0 Å². The van der Waals surface area contributed by atoms with Crippen LogP contribution in [0.3, 0.4) is 0 Å². The quantitative estimate of drug-likeness (QED) is 0.504. The van der Waals surface area contributed by atoms with Gasteiger partial charge in [0, 0.05) is 5.41 Å². The van der Waals surface area contributed by atoms with Crippen molar-refractivity contribution in [2.45, 2.75) is 19.3 Å². The molecular weight excluding hydrogens is 188 g/mol. The first kappa shape index (κ1) is 10.8. The lowest BCUT2D eigenvalue weighted by Gasteiger charge is -2.46. The summed E-state index contributed by atoms with van der Waals surface area (Å²) in [5.74, 6) is 0. The van der Waals surface area contributed by atoms with E-state index < -0.39 is 0 Å². The topological polar surface area (TPSA) is 24.8 Å². The maximum absolute atomic E-state index is 4.74. The highest BCUT2D eigenvalue weighted by molar-refractivity contribution is 5.85. The largest absolute Gasteiger partial charge is 0.399 e. The van der Waals surface area contributed by atoms with Crippen molar-refractivity contribution >= 4 is 18.6 Å². The molecule has 2 bridgehead atoms. The molecule has 76 valence electrons. The second-order valence-electron chi connectivity index (χ2n) is 3.87. The Bertz CT molecular complexity index is 174. The number of nitrogens with zero attached hydrogens (tertiary/aromatic N) is 2. The van der Waals surface area contributed by atoms with Crippen LogP contribution in [0.5, 0.6) is 0 Å². The fourth-order valence-electron chi connectivity index (χ4n) is 2.21. The minimum Gasteiger partial charge on any atom is -0.399 e. The van der Waals surface area contributed by atoms with E-state index in [9.17, 15) is 0 Å². The monoisotopic (exact) mass is 204 g/mol. The van der Waals surface area contributed by atoms with Crippen LogP contribution in [0.15, 0.2) is 5.16 Å². The Kier molecular flexibility index (Phi) is 3.56. The number of rotatable bonds is 2. The van der Waals surface area contributed by atoms with Gasteiger partial charge in [0.15, 0.2) is 0 Å². The molecule has 3 nitrogen and oxygen atoms in total. The summed E-state index contributed by atoms with van der Waals surface area (Å²) in [6, 6.07) is 0. The first-order chi connectivity index (χ1) is 5.85. The molecule has 0 amide bonds. The van der Waals surface area contributed by atoms with Crippen LogP contribution in [0.1, 0.15) is 19.3 Å². The highest BCUT2D eigenvalue weighted by Gasteiger charge is 2.38. The minimum atomic E-state index is 0. The minimum absolute atomic E-state index is 0. The molecule has 3 saturated heterocycles. The van der Waals surface area contributed by atoms with Gasteiger partial charge >= 0.3 is 0 Å². The third kappa shape index (κ3) is 2.15. The summed E-state index contributed by atoms with van der Waals surface area (Å²) in [6.45, 7) is 3.74. The first-order valence-electron chi connectivity index (χ1n) is 4.65. The Morgan fingerprint density at radius 1 is 1.23 bits per heavy atom. The molecule has 0 radical (unpaired) electrons. The van der Waals surface area contributed by atoms with Crippen molar-refractivity contribution in [3.63, 3.8) is 0 Å². The van der Waals surface area contributed by atoms with Crippen molar-refractivity contribution < 1.29 is 4.84 Å². The lowest BCUT2D eigenvalue weighted by atomic mass is 9.73. The van der Waals surface area contributed by atoms with Gasteiger partial charge in [-0.2, -0.15) is 0 Å². The van der Waals surface area contributed by atoms with E-state index >= 15 is 0 Å². The van der Waals surface area contributed by atoms with Gasteiger partial charge < -0.3 is 9.74 Å². The van der Waals surface area contributed by atoms with E-state index in [1.165, 1.54) is 38.9 Å². The molecule has 0 spiro atoms. The van der Waals surface area contributed by atoms with Crippen LogP contribution in [0.25, 0.3) is 0 Å². The molecule has 3 heterocycles. The highest BCUT2D eigenvalue weighted by Crippen LogP contribution is 2.38. The van der Waals surface area contributed by atoms with Gasteiger partial charge in [-0.15, -0.1) is 12.4 Å². The fourth-order valence-corrected chi connectivity index (χ4v) is 2.21. The van der Waals surface area contributed by atoms with E-state index in [0.29, 0.717) is 5.41 Å². The number of fused-ring (bicyclic) bond motifs is 3. The summed E-state index contributed by atoms with van der Waals surface area (Å²) in [5.41, 5.74) is 0.380. The lowest BCUT2D eigenvalue weighted by Crippen LogP contribution is -2.48. The van der Waals surface area contributed by atoms with Gasteiger partial charge in [0.1, 0.15) is 7.11 Å². The average Bonchev–Trinajstić information content (AvgIpc) is 2.18. The van der Waals surface area contributed by atoms with E-state index in [-0.39, 0.29) is 12.4 Å². The van der Waals surface area contributed by atoms with Gasteiger partial charge in [-0.3, -0.25) is 0 Å². The van der Waals surface area contributed by atoms with Crippen LogP contribution in [0, 0.1) is 5.41 Å². The second kappa shape index (κ2) is 4.29.